The fraction of sp³-hybridized carbons (Fsp3) is 0.273. The summed E-state index contributed by atoms with van der Waals surface area (Å²) in [6.07, 6.45) is 0.132. The van der Waals surface area contributed by atoms with E-state index in [1.807, 2.05) is 6.07 Å². The van der Waals surface area contributed by atoms with Crippen LogP contribution >= 0.6 is 0 Å². The van der Waals surface area contributed by atoms with E-state index in [2.05, 4.69) is 0 Å². The monoisotopic (exact) mass is 207 g/mol. The normalized spacial score (nSPS) is 11.8. The Hall–Kier alpha value is -1.89. The predicted molar refractivity (Wildman–Crippen MR) is 51.6 cm³/mol. The van der Waals surface area contributed by atoms with Gasteiger partial charge in [0, 0.05) is 0 Å². The highest BCUT2D eigenvalue weighted by Gasteiger charge is 2.14. The number of benzene rings is 1. The minimum atomic E-state index is -0.959. The van der Waals surface area contributed by atoms with Crippen LogP contribution in [0.5, 0.6) is 0 Å². The standard InChI is InChI=1S/C11H10FNO2/c1-7(11(14)15)4-9-3-2-8(6-13)5-10(9)12/h2-3,5,7H,4H2,1H3,(H,14,15). The van der Waals surface area contributed by atoms with Crippen molar-refractivity contribution >= 4 is 5.97 Å². The third kappa shape index (κ3) is 2.78. The first-order chi connectivity index (χ1) is 7.04. The molecule has 0 saturated carbocycles. The molecule has 1 aromatic rings. The number of rotatable bonds is 3. The molecule has 78 valence electrons. The average molecular weight is 207 g/mol. The van der Waals surface area contributed by atoms with Crippen LogP contribution in [0, 0.1) is 23.1 Å². The van der Waals surface area contributed by atoms with E-state index in [0.29, 0.717) is 5.56 Å². The van der Waals surface area contributed by atoms with Crippen molar-refractivity contribution < 1.29 is 14.3 Å². The van der Waals surface area contributed by atoms with E-state index >= 15 is 0 Å². The van der Waals surface area contributed by atoms with E-state index < -0.39 is 17.7 Å². The molecule has 0 radical (unpaired) electrons. The van der Waals surface area contributed by atoms with E-state index in [1.165, 1.54) is 19.1 Å². The summed E-state index contributed by atoms with van der Waals surface area (Å²) < 4.78 is 13.3. The summed E-state index contributed by atoms with van der Waals surface area (Å²) in [5.74, 6) is -2.12. The molecule has 0 spiro atoms. The molecule has 4 heteroatoms. The van der Waals surface area contributed by atoms with Crippen molar-refractivity contribution in [1.29, 1.82) is 5.26 Å². The third-order valence-corrected chi connectivity index (χ3v) is 2.13. The van der Waals surface area contributed by atoms with Gasteiger partial charge in [-0.2, -0.15) is 5.26 Å². The maximum atomic E-state index is 13.3. The summed E-state index contributed by atoms with van der Waals surface area (Å²) in [6.45, 7) is 1.51. The zero-order chi connectivity index (χ0) is 11.4. The summed E-state index contributed by atoms with van der Waals surface area (Å²) >= 11 is 0. The summed E-state index contributed by atoms with van der Waals surface area (Å²) in [6, 6.07) is 5.86. The Morgan fingerprint density at radius 2 is 2.33 bits per heavy atom. The molecule has 1 rings (SSSR count). The number of nitrogens with zero attached hydrogens (tertiary/aromatic N) is 1. The van der Waals surface area contributed by atoms with Crippen LogP contribution < -0.4 is 0 Å². The molecule has 0 aromatic heterocycles. The number of hydrogen-bond acceptors (Lipinski definition) is 2. The van der Waals surface area contributed by atoms with E-state index in [-0.39, 0.29) is 12.0 Å². The fourth-order valence-electron chi connectivity index (χ4n) is 1.20. The summed E-state index contributed by atoms with van der Waals surface area (Å²) in [7, 11) is 0. The van der Waals surface area contributed by atoms with Crippen molar-refractivity contribution in [3.8, 4) is 6.07 Å². The van der Waals surface area contributed by atoms with E-state index in [1.54, 1.807) is 0 Å². The maximum absolute atomic E-state index is 13.3. The molecule has 0 heterocycles. The lowest BCUT2D eigenvalue weighted by Gasteiger charge is -2.07. The molecular formula is C11H10FNO2. The molecule has 0 aliphatic rings. The minimum absolute atomic E-state index is 0.132. The van der Waals surface area contributed by atoms with Crippen LogP contribution in [0.25, 0.3) is 0 Å². The Morgan fingerprint density at radius 1 is 1.67 bits per heavy atom. The van der Waals surface area contributed by atoms with Crippen LogP contribution in [0.3, 0.4) is 0 Å². The van der Waals surface area contributed by atoms with Gasteiger partial charge in [0.05, 0.1) is 17.6 Å². The minimum Gasteiger partial charge on any atom is -0.481 e. The molecular weight excluding hydrogens is 197 g/mol. The number of carboxylic acid groups (broad SMARTS) is 1. The first-order valence-corrected chi connectivity index (χ1v) is 4.46. The second kappa shape index (κ2) is 4.56. The smallest absolute Gasteiger partial charge is 0.306 e. The van der Waals surface area contributed by atoms with Gasteiger partial charge >= 0.3 is 5.97 Å². The van der Waals surface area contributed by atoms with E-state index in [0.717, 1.165) is 6.07 Å². The van der Waals surface area contributed by atoms with Gasteiger partial charge in [-0.15, -0.1) is 0 Å². The van der Waals surface area contributed by atoms with Crippen LogP contribution in [0.4, 0.5) is 4.39 Å². The molecule has 0 aliphatic carbocycles. The maximum Gasteiger partial charge on any atom is 0.306 e. The van der Waals surface area contributed by atoms with E-state index in [9.17, 15) is 9.18 Å². The Balaban J connectivity index is 2.88. The van der Waals surface area contributed by atoms with Crippen LogP contribution in [0.1, 0.15) is 18.1 Å². The van der Waals surface area contributed by atoms with Gasteiger partial charge in [-0.25, -0.2) is 4.39 Å². The molecule has 0 aliphatic heterocycles. The lowest BCUT2D eigenvalue weighted by Crippen LogP contribution is -2.13. The van der Waals surface area contributed by atoms with Gasteiger partial charge in [-0.05, 0) is 24.1 Å². The molecule has 0 saturated heterocycles. The number of carbonyl (C=O) groups is 1. The van der Waals surface area contributed by atoms with Crippen molar-refractivity contribution in [2.75, 3.05) is 0 Å². The topological polar surface area (TPSA) is 61.1 Å². The number of hydrogen-bond donors (Lipinski definition) is 1. The molecule has 15 heavy (non-hydrogen) atoms. The van der Waals surface area contributed by atoms with Gasteiger partial charge in [-0.3, -0.25) is 4.79 Å². The molecule has 3 nitrogen and oxygen atoms in total. The molecule has 0 bridgehead atoms. The van der Waals surface area contributed by atoms with Crippen molar-refractivity contribution in [3.63, 3.8) is 0 Å². The number of aliphatic carboxylic acids is 1. The Morgan fingerprint density at radius 3 is 2.80 bits per heavy atom. The molecule has 0 amide bonds. The molecule has 0 fully saturated rings. The van der Waals surface area contributed by atoms with Crippen molar-refractivity contribution in [1.82, 2.24) is 0 Å². The second-order valence-corrected chi connectivity index (χ2v) is 3.36. The second-order valence-electron chi connectivity index (χ2n) is 3.36. The van der Waals surface area contributed by atoms with Crippen LogP contribution in [-0.2, 0) is 11.2 Å². The van der Waals surface area contributed by atoms with Crippen LogP contribution in [-0.4, -0.2) is 11.1 Å². The van der Waals surface area contributed by atoms with Crippen molar-refractivity contribution in [3.05, 3.63) is 35.1 Å². The lowest BCUT2D eigenvalue weighted by atomic mass is 10.00. The zero-order valence-corrected chi connectivity index (χ0v) is 8.20. The summed E-state index contributed by atoms with van der Waals surface area (Å²) in [5.41, 5.74) is 0.558. The fourth-order valence-corrected chi connectivity index (χ4v) is 1.20. The first kappa shape index (κ1) is 11.2. The first-order valence-electron chi connectivity index (χ1n) is 4.46. The highest BCUT2D eigenvalue weighted by Crippen LogP contribution is 2.14. The highest BCUT2D eigenvalue weighted by atomic mass is 19.1. The number of nitriles is 1. The van der Waals surface area contributed by atoms with Crippen molar-refractivity contribution in [2.45, 2.75) is 13.3 Å². The Bertz CT molecular complexity index is 423. The third-order valence-electron chi connectivity index (χ3n) is 2.13. The van der Waals surface area contributed by atoms with Gasteiger partial charge in [-0.1, -0.05) is 13.0 Å². The quantitative estimate of drug-likeness (QED) is 0.824. The van der Waals surface area contributed by atoms with Gasteiger partial charge in [0.1, 0.15) is 5.82 Å². The zero-order valence-electron chi connectivity index (χ0n) is 8.20. The Kier molecular flexibility index (Phi) is 3.40. The summed E-state index contributed by atoms with van der Waals surface area (Å²) in [4.78, 5) is 10.6. The molecule has 1 atom stereocenters. The average Bonchev–Trinajstić information content (AvgIpc) is 2.20. The summed E-state index contributed by atoms with van der Waals surface area (Å²) in [5, 5.41) is 17.2. The SMILES string of the molecule is CC(Cc1ccc(C#N)cc1F)C(=O)O. The van der Waals surface area contributed by atoms with Gasteiger partial charge in [0.15, 0.2) is 0 Å². The molecule has 1 unspecified atom stereocenters. The predicted octanol–water partition coefficient (Wildman–Crippen LogP) is 1.96. The van der Waals surface area contributed by atoms with Crippen molar-refractivity contribution in [2.24, 2.45) is 5.92 Å². The number of carboxylic acids is 1. The van der Waals surface area contributed by atoms with Gasteiger partial charge in [0.25, 0.3) is 0 Å². The van der Waals surface area contributed by atoms with Gasteiger partial charge in [0.2, 0.25) is 0 Å². The van der Waals surface area contributed by atoms with Gasteiger partial charge < -0.3 is 5.11 Å². The molecule has 1 N–H and O–H groups in total. The van der Waals surface area contributed by atoms with E-state index in [4.69, 9.17) is 10.4 Å². The van der Waals surface area contributed by atoms with Crippen LogP contribution in [0.15, 0.2) is 18.2 Å². The lowest BCUT2D eigenvalue weighted by molar-refractivity contribution is -0.141. The Labute approximate surface area is 86.8 Å². The molecule has 1 aromatic carbocycles. The number of halogens is 1. The largest absolute Gasteiger partial charge is 0.481 e. The highest BCUT2D eigenvalue weighted by molar-refractivity contribution is 5.69. The van der Waals surface area contributed by atoms with Crippen LogP contribution in [0.2, 0.25) is 0 Å².